The van der Waals surface area contributed by atoms with Gasteiger partial charge in [0.05, 0.1) is 38.6 Å². The second-order valence-corrected chi connectivity index (χ2v) is 20.9. The van der Waals surface area contributed by atoms with Crippen molar-refractivity contribution in [3.8, 4) is 0 Å². The van der Waals surface area contributed by atoms with Crippen molar-refractivity contribution in [2.45, 2.75) is 298 Å². The molecule has 3 saturated heterocycles. The van der Waals surface area contributed by atoms with Crippen molar-refractivity contribution in [1.82, 2.24) is 5.32 Å². The molecule has 3 fully saturated rings. The van der Waals surface area contributed by atoms with E-state index in [1.54, 1.807) is 6.08 Å². The zero-order chi connectivity index (χ0) is 53.4. The lowest BCUT2D eigenvalue weighted by molar-refractivity contribution is -0.379. The number of carbonyl (C=O) groups excluding carboxylic acids is 1. The van der Waals surface area contributed by atoms with Crippen LogP contribution in [-0.2, 0) is 33.2 Å². The van der Waals surface area contributed by atoms with Crippen molar-refractivity contribution < 1.29 is 89.4 Å². The minimum atomic E-state index is -1.97. The summed E-state index contributed by atoms with van der Waals surface area (Å²) < 4.78 is 33.7. The van der Waals surface area contributed by atoms with Crippen LogP contribution < -0.4 is 5.32 Å². The van der Waals surface area contributed by atoms with E-state index in [4.69, 9.17) is 28.4 Å². The van der Waals surface area contributed by atoms with E-state index in [1.807, 2.05) is 6.08 Å². The molecule has 0 bridgehead atoms. The fourth-order valence-corrected chi connectivity index (χ4v) is 9.99. The van der Waals surface area contributed by atoms with Crippen LogP contribution in [0.2, 0.25) is 0 Å². The Morgan fingerprint density at radius 3 is 1.21 bits per heavy atom. The van der Waals surface area contributed by atoms with Gasteiger partial charge >= 0.3 is 0 Å². The van der Waals surface area contributed by atoms with Crippen molar-refractivity contribution in [3.63, 3.8) is 0 Å². The lowest BCUT2D eigenvalue weighted by atomic mass is 9.96. The summed E-state index contributed by atoms with van der Waals surface area (Å²) in [5.74, 6) is -0.450. The molecular formula is C54H101NO18. The molecule has 0 aromatic carbocycles. The molecule has 0 aromatic rings. The van der Waals surface area contributed by atoms with Gasteiger partial charge < -0.3 is 89.9 Å². The Morgan fingerprint density at radius 1 is 0.479 bits per heavy atom. The molecule has 0 aromatic heterocycles. The minimum absolute atomic E-state index is 0.368. The van der Waals surface area contributed by atoms with Crippen molar-refractivity contribution >= 4 is 5.91 Å². The molecule has 12 N–H and O–H groups in total. The molecule has 17 atom stereocenters. The second kappa shape index (κ2) is 39.0. The Balaban J connectivity index is 1.26. The summed E-state index contributed by atoms with van der Waals surface area (Å²) in [6, 6.07) is -0.970. The van der Waals surface area contributed by atoms with Gasteiger partial charge in [0.2, 0.25) is 5.91 Å². The van der Waals surface area contributed by atoms with Crippen LogP contribution in [0.15, 0.2) is 12.2 Å². The van der Waals surface area contributed by atoms with Gasteiger partial charge in [-0.15, -0.1) is 0 Å². The molecule has 3 aliphatic heterocycles. The molecule has 73 heavy (non-hydrogen) atoms. The van der Waals surface area contributed by atoms with E-state index in [0.717, 1.165) is 25.7 Å². The molecule has 0 radical (unpaired) electrons. The highest BCUT2D eigenvalue weighted by Gasteiger charge is 2.53. The zero-order valence-corrected chi connectivity index (χ0v) is 44.4. The third-order valence-corrected chi connectivity index (χ3v) is 14.6. The summed E-state index contributed by atoms with van der Waals surface area (Å²) in [5.41, 5.74) is 0. The molecule has 0 aliphatic carbocycles. The van der Waals surface area contributed by atoms with E-state index in [-0.39, 0.29) is 6.61 Å². The Hall–Kier alpha value is -1.47. The maximum atomic E-state index is 12.1. The van der Waals surface area contributed by atoms with Gasteiger partial charge in [0.1, 0.15) is 73.2 Å². The zero-order valence-electron chi connectivity index (χ0n) is 44.4. The highest BCUT2D eigenvalue weighted by atomic mass is 16.8. The van der Waals surface area contributed by atoms with E-state index in [1.165, 1.54) is 161 Å². The maximum Gasteiger partial charge on any atom is 0.217 e. The number of aliphatic hydroxyl groups excluding tert-OH is 11. The minimum Gasteiger partial charge on any atom is -0.394 e. The fourth-order valence-electron chi connectivity index (χ4n) is 9.99. The van der Waals surface area contributed by atoms with Crippen LogP contribution in [0.5, 0.6) is 0 Å². The Kier molecular flexibility index (Phi) is 35.1. The largest absolute Gasteiger partial charge is 0.394 e. The number of nitrogens with one attached hydrogen (secondary N) is 1. The van der Waals surface area contributed by atoms with Gasteiger partial charge in [-0.3, -0.25) is 4.79 Å². The molecule has 19 nitrogen and oxygen atoms in total. The van der Waals surface area contributed by atoms with Crippen LogP contribution in [0.25, 0.3) is 0 Å². The van der Waals surface area contributed by atoms with Gasteiger partial charge in [0, 0.05) is 6.92 Å². The van der Waals surface area contributed by atoms with E-state index >= 15 is 0 Å². The van der Waals surface area contributed by atoms with Gasteiger partial charge in [-0.1, -0.05) is 186 Å². The molecule has 430 valence electrons. The predicted molar refractivity (Wildman–Crippen MR) is 273 cm³/mol. The number of rotatable bonds is 41. The van der Waals surface area contributed by atoms with E-state index in [0.29, 0.717) is 0 Å². The van der Waals surface area contributed by atoms with Crippen molar-refractivity contribution in [3.05, 3.63) is 12.2 Å². The number of hydrogen-bond acceptors (Lipinski definition) is 18. The molecule has 17 unspecified atom stereocenters. The third-order valence-electron chi connectivity index (χ3n) is 14.6. The average molecular weight is 1050 g/mol. The fraction of sp³-hybridized carbons (Fsp3) is 0.944. The molecular weight excluding hydrogens is 951 g/mol. The van der Waals surface area contributed by atoms with E-state index < -0.39 is 130 Å². The summed E-state index contributed by atoms with van der Waals surface area (Å²) in [5, 5.41) is 118. The van der Waals surface area contributed by atoms with Gasteiger partial charge in [0.15, 0.2) is 18.9 Å². The first-order valence-corrected chi connectivity index (χ1v) is 28.4. The third kappa shape index (κ3) is 24.4. The van der Waals surface area contributed by atoms with Crippen molar-refractivity contribution in [1.29, 1.82) is 0 Å². The molecule has 0 saturated carbocycles. The standard InChI is InChI=1S/C54H101NO18/c1-3-4-5-6-7-8-9-10-11-12-13-14-15-16-17-18-19-20-21-22-23-24-25-26-27-28-29-30-31-32-39(60)38(55-37(2)59)36-68-52-48(66)45(63)50(41(34-57)70-52)73-54-49(67)46(64)51(42(35-58)71-54)72-53-47(65)44(62)43(61)40(33-56)69-53/h31-32,38-54,56-58,60-67H,3-30,33-36H2,1-2H3,(H,55,59)/b32-31+. The Bertz CT molecular complexity index is 1400. The molecule has 19 heteroatoms. The summed E-state index contributed by atoms with van der Waals surface area (Å²) in [6.45, 7) is 0.770. The van der Waals surface area contributed by atoms with Gasteiger partial charge in [-0.2, -0.15) is 0 Å². The lowest BCUT2D eigenvalue weighted by Crippen LogP contribution is -2.66. The maximum absolute atomic E-state index is 12.1. The van der Waals surface area contributed by atoms with Crippen LogP contribution >= 0.6 is 0 Å². The van der Waals surface area contributed by atoms with Crippen LogP contribution in [0, 0.1) is 0 Å². The predicted octanol–water partition coefficient (Wildman–Crippen LogP) is 3.82. The van der Waals surface area contributed by atoms with Gasteiger partial charge in [-0.05, 0) is 12.8 Å². The molecule has 3 heterocycles. The van der Waals surface area contributed by atoms with Crippen LogP contribution in [0.3, 0.4) is 0 Å². The SMILES string of the molecule is CCCCCCCCCCCCCCCCCCCCCCCCCCCCC/C=C/C(O)C(COC1OC(CO)C(OC2OC(CO)C(OC3OC(CO)C(O)C(O)C3O)C(O)C2O)C(O)C1O)NC(C)=O. The first-order chi connectivity index (χ1) is 35.3. The van der Waals surface area contributed by atoms with E-state index in [2.05, 4.69) is 12.2 Å². The number of aliphatic hydroxyl groups is 11. The summed E-state index contributed by atoms with van der Waals surface area (Å²) in [7, 11) is 0. The molecule has 1 amide bonds. The monoisotopic (exact) mass is 1050 g/mol. The van der Waals surface area contributed by atoms with Gasteiger partial charge in [-0.25, -0.2) is 0 Å². The number of hydrogen-bond donors (Lipinski definition) is 12. The topological polar surface area (TPSA) is 307 Å². The average Bonchev–Trinajstić information content (AvgIpc) is 3.38. The highest BCUT2D eigenvalue weighted by Crippen LogP contribution is 2.33. The number of unbranched alkanes of at least 4 members (excludes halogenated alkanes) is 27. The molecule has 0 spiro atoms. The normalized spacial score (nSPS) is 31.8. The van der Waals surface area contributed by atoms with Crippen LogP contribution in [0.4, 0.5) is 0 Å². The quantitative estimate of drug-likeness (QED) is 0.0306. The summed E-state index contributed by atoms with van der Waals surface area (Å²) >= 11 is 0. The van der Waals surface area contributed by atoms with Crippen LogP contribution in [-0.4, -0.2) is 193 Å². The number of carbonyl (C=O) groups is 1. The van der Waals surface area contributed by atoms with Crippen molar-refractivity contribution in [2.75, 3.05) is 26.4 Å². The lowest BCUT2D eigenvalue weighted by Gasteiger charge is -2.48. The van der Waals surface area contributed by atoms with Crippen LogP contribution in [0.1, 0.15) is 194 Å². The summed E-state index contributed by atoms with van der Waals surface area (Å²) in [6.07, 6.45) is 13.6. The number of amides is 1. The van der Waals surface area contributed by atoms with E-state index in [9.17, 15) is 61.0 Å². The first kappa shape index (κ1) is 65.8. The Morgan fingerprint density at radius 2 is 0.822 bits per heavy atom. The summed E-state index contributed by atoms with van der Waals surface area (Å²) in [4.78, 5) is 12.1. The Labute approximate surface area is 436 Å². The van der Waals surface area contributed by atoms with Gasteiger partial charge in [0.25, 0.3) is 0 Å². The molecule has 3 aliphatic rings. The first-order valence-electron chi connectivity index (χ1n) is 28.4. The van der Waals surface area contributed by atoms with Crippen molar-refractivity contribution in [2.24, 2.45) is 0 Å². The smallest absolute Gasteiger partial charge is 0.217 e. The highest BCUT2D eigenvalue weighted by molar-refractivity contribution is 5.73. The molecule has 3 rings (SSSR count). The number of allylic oxidation sites excluding steroid dienone is 1. The second-order valence-electron chi connectivity index (χ2n) is 20.9. The number of ether oxygens (including phenoxy) is 6.